The van der Waals surface area contributed by atoms with Crippen LogP contribution in [0.5, 0.6) is 0 Å². The fourth-order valence-electron chi connectivity index (χ4n) is 1.47. The van der Waals surface area contributed by atoms with Gasteiger partial charge in [0.2, 0.25) is 0 Å². The van der Waals surface area contributed by atoms with Gasteiger partial charge in [0.15, 0.2) is 5.16 Å². The van der Waals surface area contributed by atoms with Crippen molar-refractivity contribution in [2.45, 2.75) is 24.8 Å². The van der Waals surface area contributed by atoms with Crippen molar-refractivity contribution < 1.29 is 0 Å². The molecule has 0 saturated heterocycles. The molecule has 0 spiro atoms. The van der Waals surface area contributed by atoms with Crippen LogP contribution in [-0.4, -0.2) is 35.3 Å². The second-order valence-electron chi connectivity index (χ2n) is 3.55. The Kier molecular flexibility index (Phi) is 4.48. The van der Waals surface area contributed by atoms with Crippen LogP contribution in [0.15, 0.2) is 30.5 Å². The molecule has 2 aromatic heterocycles. The minimum Gasteiger partial charge on any atom is -0.324 e. The molecule has 0 aliphatic rings. The maximum Gasteiger partial charge on any atom is 0.191 e. The van der Waals surface area contributed by atoms with Gasteiger partial charge in [-0.05, 0) is 0 Å². The molecule has 0 bridgehead atoms. The number of nitrogens with zero attached hydrogens (tertiary/aromatic N) is 6. The molecule has 2 aromatic rings. The number of nitrogens with two attached hydrogens (primary N) is 1. The smallest absolute Gasteiger partial charge is 0.191 e. The van der Waals surface area contributed by atoms with Gasteiger partial charge in [0.1, 0.15) is 18.5 Å². The molecular formula is C10H15N7S. The van der Waals surface area contributed by atoms with E-state index in [1.807, 2.05) is 15.2 Å². The van der Waals surface area contributed by atoms with E-state index in [9.17, 15) is 0 Å². The van der Waals surface area contributed by atoms with Crippen LogP contribution in [-0.2, 0) is 19.6 Å². The molecule has 0 aliphatic heterocycles. The second kappa shape index (κ2) is 6.31. The van der Waals surface area contributed by atoms with E-state index in [0.29, 0.717) is 13.1 Å². The van der Waals surface area contributed by atoms with Gasteiger partial charge >= 0.3 is 0 Å². The van der Waals surface area contributed by atoms with E-state index in [-0.39, 0.29) is 0 Å². The van der Waals surface area contributed by atoms with Crippen LogP contribution in [0.25, 0.3) is 0 Å². The fourth-order valence-corrected chi connectivity index (χ4v) is 2.39. The summed E-state index contributed by atoms with van der Waals surface area (Å²) in [5, 5.41) is 16.6. The monoisotopic (exact) mass is 265 g/mol. The van der Waals surface area contributed by atoms with Gasteiger partial charge in [0.05, 0.1) is 6.54 Å². The van der Waals surface area contributed by atoms with E-state index >= 15 is 0 Å². The highest BCUT2D eigenvalue weighted by Gasteiger charge is 2.09. The molecule has 0 aliphatic carbocycles. The first-order valence-corrected chi connectivity index (χ1v) is 6.52. The van der Waals surface area contributed by atoms with E-state index in [4.69, 9.17) is 5.73 Å². The van der Waals surface area contributed by atoms with Gasteiger partial charge in [0.25, 0.3) is 0 Å². The van der Waals surface area contributed by atoms with E-state index in [0.717, 1.165) is 23.3 Å². The Morgan fingerprint density at radius 2 is 2.11 bits per heavy atom. The summed E-state index contributed by atoms with van der Waals surface area (Å²) >= 11 is 1.63. The summed E-state index contributed by atoms with van der Waals surface area (Å²) in [5.41, 5.74) is 5.61. The van der Waals surface area contributed by atoms with E-state index < -0.39 is 0 Å². The highest BCUT2D eigenvalue weighted by molar-refractivity contribution is 7.99. The fraction of sp³-hybridized carbons (Fsp3) is 0.400. The van der Waals surface area contributed by atoms with Gasteiger partial charge < -0.3 is 14.9 Å². The van der Waals surface area contributed by atoms with Crippen molar-refractivity contribution in [3.8, 4) is 0 Å². The molecule has 2 rings (SSSR count). The number of allylic oxidation sites excluding steroid dienone is 1. The van der Waals surface area contributed by atoms with Gasteiger partial charge in [-0.15, -0.1) is 27.0 Å². The molecule has 96 valence electrons. The molecule has 8 heteroatoms. The van der Waals surface area contributed by atoms with Gasteiger partial charge in [-0.3, -0.25) is 0 Å². The highest BCUT2D eigenvalue weighted by atomic mass is 32.2. The van der Waals surface area contributed by atoms with E-state index in [1.165, 1.54) is 0 Å². The number of hydrogen-bond acceptors (Lipinski definition) is 6. The molecule has 0 unspecified atom stereocenters. The van der Waals surface area contributed by atoms with Crippen molar-refractivity contribution >= 4 is 11.8 Å². The molecule has 7 nitrogen and oxygen atoms in total. The van der Waals surface area contributed by atoms with Crippen LogP contribution in [0.1, 0.15) is 5.82 Å². The summed E-state index contributed by atoms with van der Waals surface area (Å²) < 4.78 is 3.90. The first-order chi connectivity index (χ1) is 8.85. The number of rotatable bonds is 7. The number of aromatic nitrogens is 6. The molecule has 0 amide bonds. The predicted octanol–water partition coefficient (Wildman–Crippen LogP) is 0.307. The molecule has 0 aromatic carbocycles. The van der Waals surface area contributed by atoms with Crippen molar-refractivity contribution in [3.63, 3.8) is 0 Å². The molecule has 0 saturated carbocycles. The molecule has 0 radical (unpaired) electrons. The Labute approximate surface area is 109 Å². The third-order valence-electron chi connectivity index (χ3n) is 2.33. The number of aryl methyl sites for hydroxylation is 1. The first-order valence-electron chi connectivity index (χ1n) is 5.53. The quantitative estimate of drug-likeness (QED) is 0.572. The minimum absolute atomic E-state index is 0.382. The maximum atomic E-state index is 5.61. The zero-order valence-electron chi connectivity index (χ0n) is 9.94. The van der Waals surface area contributed by atoms with E-state index in [1.54, 1.807) is 24.4 Å². The van der Waals surface area contributed by atoms with Gasteiger partial charge in [-0.2, -0.15) is 0 Å². The summed E-state index contributed by atoms with van der Waals surface area (Å²) in [6, 6.07) is 0. The zero-order chi connectivity index (χ0) is 12.8. The van der Waals surface area contributed by atoms with Crippen molar-refractivity contribution in [2.24, 2.45) is 5.73 Å². The number of thioether (sulfide) groups is 1. The van der Waals surface area contributed by atoms with Gasteiger partial charge in [-0.1, -0.05) is 17.8 Å². The van der Waals surface area contributed by atoms with Crippen LogP contribution >= 0.6 is 11.8 Å². The highest BCUT2D eigenvalue weighted by Crippen LogP contribution is 2.17. The lowest BCUT2D eigenvalue weighted by atomic mass is 10.5. The van der Waals surface area contributed by atoms with Crippen molar-refractivity contribution in [1.82, 2.24) is 29.5 Å². The summed E-state index contributed by atoms with van der Waals surface area (Å²) in [5.74, 6) is 1.65. The Morgan fingerprint density at radius 1 is 1.33 bits per heavy atom. The average Bonchev–Trinajstić information content (AvgIpc) is 3.00. The third-order valence-corrected chi connectivity index (χ3v) is 3.28. The molecule has 0 fully saturated rings. The molecular weight excluding hydrogens is 250 g/mol. The van der Waals surface area contributed by atoms with Gasteiger partial charge in [0, 0.05) is 18.8 Å². The lowest BCUT2D eigenvalue weighted by molar-refractivity contribution is 0.678. The van der Waals surface area contributed by atoms with Crippen LogP contribution in [0.3, 0.4) is 0 Å². The minimum atomic E-state index is 0.382. The Morgan fingerprint density at radius 3 is 2.78 bits per heavy atom. The van der Waals surface area contributed by atoms with Crippen LogP contribution in [0.4, 0.5) is 0 Å². The van der Waals surface area contributed by atoms with Crippen molar-refractivity contribution in [2.75, 3.05) is 5.75 Å². The topological polar surface area (TPSA) is 87.4 Å². The molecule has 0 atom stereocenters. The van der Waals surface area contributed by atoms with E-state index in [2.05, 4.69) is 27.0 Å². The zero-order valence-corrected chi connectivity index (χ0v) is 10.8. The van der Waals surface area contributed by atoms with Crippen LogP contribution in [0.2, 0.25) is 0 Å². The normalized spacial score (nSPS) is 10.7. The maximum absolute atomic E-state index is 5.61. The van der Waals surface area contributed by atoms with Crippen molar-refractivity contribution in [1.29, 1.82) is 0 Å². The summed E-state index contributed by atoms with van der Waals surface area (Å²) in [4.78, 5) is 0. The lowest BCUT2D eigenvalue weighted by Crippen LogP contribution is -2.09. The van der Waals surface area contributed by atoms with Crippen LogP contribution < -0.4 is 5.73 Å². The predicted molar refractivity (Wildman–Crippen MR) is 68.9 cm³/mol. The number of hydrogen-bond donors (Lipinski definition) is 1. The first kappa shape index (κ1) is 12.8. The SMILES string of the molecule is C=CCn1c(CN)nnc1SCCn1cnnc1. The van der Waals surface area contributed by atoms with Crippen LogP contribution in [0, 0.1) is 0 Å². The Bertz CT molecular complexity index is 490. The second-order valence-corrected chi connectivity index (χ2v) is 4.61. The lowest BCUT2D eigenvalue weighted by Gasteiger charge is -2.06. The summed E-state index contributed by atoms with van der Waals surface area (Å²) in [7, 11) is 0. The largest absolute Gasteiger partial charge is 0.324 e. The van der Waals surface area contributed by atoms with Crippen molar-refractivity contribution in [3.05, 3.63) is 31.1 Å². The van der Waals surface area contributed by atoms with Gasteiger partial charge in [-0.25, -0.2) is 0 Å². The Balaban J connectivity index is 1.96. The standard InChI is InChI=1S/C10H15N7S/c1-2-3-17-9(6-11)14-15-10(17)18-5-4-16-7-12-13-8-16/h2,7-8H,1,3-6,11H2. The summed E-state index contributed by atoms with van der Waals surface area (Å²) in [6.45, 7) is 5.61. The molecule has 2 N–H and O–H groups in total. The summed E-state index contributed by atoms with van der Waals surface area (Å²) in [6.07, 6.45) is 5.20. The average molecular weight is 265 g/mol. The molecule has 2 heterocycles. The Hall–Kier alpha value is -1.67. The molecule has 18 heavy (non-hydrogen) atoms. The third kappa shape index (κ3) is 2.96.